The second-order valence-electron chi connectivity index (χ2n) is 2.68. The first-order chi connectivity index (χ1) is 8.15. The Bertz CT molecular complexity index is 279. The number of oxime groups is 1. The van der Waals surface area contributed by atoms with Gasteiger partial charge in [-0.25, -0.2) is 9.59 Å². The van der Waals surface area contributed by atoms with Crippen LogP contribution in [0.3, 0.4) is 0 Å². The Morgan fingerprint density at radius 2 is 2.00 bits per heavy atom. The van der Waals surface area contributed by atoms with Crippen molar-refractivity contribution in [2.45, 2.75) is 13.3 Å². The molecule has 17 heavy (non-hydrogen) atoms. The lowest BCUT2D eigenvalue weighted by molar-refractivity contribution is -0.149. The molecule has 0 atom stereocenters. The van der Waals surface area contributed by atoms with Gasteiger partial charge in [0.05, 0.1) is 13.2 Å². The van der Waals surface area contributed by atoms with Crippen molar-refractivity contribution in [3.8, 4) is 0 Å². The van der Waals surface area contributed by atoms with E-state index >= 15 is 0 Å². The van der Waals surface area contributed by atoms with Crippen molar-refractivity contribution in [2.75, 3.05) is 26.9 Å². The first kappa shape index (κ1) is 15.3. The van der Waals surface area contributed by atoms with Crippen LogP contribution in [0.15, 0.2) is 5.16 Å². The number of ether oxygens (including phenoxy) is 2. The largest absolute Gasteiger partial charge is 0.463 e. The fourth-order valence-corrected chi connectivity index (χ4v) is 0.865. The van der Waals surface area contributed by atoms with Gasteiger partial charge in [-0.15, -0.1) is 0 Å². The summed E-state index contributed by atoms with van der Waals surface area (Å²) in [7, 11) is 1.28. The molecule has 0 N–H and O–H groups in total. The third-order valence-corrected chi connectivity index (χ3v) is 1.50. The van der Waals surface area contributed by atoms with Crippen molar-refractivity contribution >= 4 is 17.7 Å². The minimum atomic E-state index is -0.756. The number of esters is 2. The molecule has 0 aliphatic heterocycles. The van der Waals surface area contributed by atoms with Gasteiger partial charge in [-0.05, 0) is 6.92 Å². The van der Waals surface area contributed by atoms with Crippen LogP contribution in [-0.2, 0) is 28.7 Å². The van der Waals surface area contributed by atoms with E-state index in [2.05, 4.69) is 19.6 Å². The maximum absolute atomic E-state index is 11.3. The smallest absolute Gasteiger partial charge is 0.356 e. The van der Waals surface area contributed by atoms with Crippen molar-refractivity contribution in [3.05, 3.63) is 0 Å². The molecule has 0 aromatic heterocycles. The first-order valence-electron chi connectivity index (χ1n) is 4.84. The lowest BCUT2D eigenvalue weighted by atomic mass is 10.3. The Morgan fingerprint density at radius 1 is 1.29 bits per heavy atom. The summed E-state index contributed by atoms with van der Waals surface area (Å²) in [5, 5.41) is 3.46. The Labute approximate surface area is 98.6 Å². The Hall–Kier alpha value is -1.67. The molecular weight excluding hydrogens is 232 g/mol. The number of carbonyl (C=O) groups excluding carboxylic acids is 2. The van der Waals surface area contributed by atoms with Gasteiger partial charge in [-0.2, -0.15) is 0 Å². The number of hydrogen-bond donors (Lipinski definition) is 0. The molecule has 0 fully saturated rings. The Morgan fingerprint density at radius 3 is 2.53 bits per heavy atom. The Kier molecular flexibility index (Phi) is 8.61. The summed E-state index contributed by atoms with van der Waals surface area (Å²) in [4.78, 5) is 30.1. The summed E-state index contributed by atoms with van der Waals surface area (Å²) in [6.07, 6.45) is 0.0455. The van der Waals surface area contributed by atoms with Crippen LogP contribution in [0.4, 0.5) is 0 Å². The van der Waals surface area contributed by atoms with Crippen LogP contribution in [0.1, 0.15) is 13.3 Å². The van der Waals surface area contributed by atoms with E-state index in [0.29, 0.717) is 0 Å². The SMILES string of the molecule is CCOC(=O)C(CCOC(=O)CO[N])=NOC. The molecule has 0 saturated heterocycles. The molecule has 0 saturated carbocycles. The monoisotopic (exact) mass is 246 g/mol. The summed E-state index contributed by atoms with van der Waals surface area (Å²) in [6, 6.07) is 0. The van der Waals surface area contributed by atoms with Crippen molar-refractivity contribution in [3.63, 3.8) is 0 Å². The van der Waals surface area contributed by atoms with E-state index in [9.17, 15) is 9.59 Å². The maximum Gasteiger partial charge on any atom is 0.356 e. The molecule has 0 aromatic rings. The molecule has 0 unspecified atom stereocenters. The average Bonchev–Trinajstić information content (AvgIpc) is 2.28. The minimum Gasteiger partial charge on any atom is -0.463 e. The van der Waals surface area contributed by atoms with E-state index in [0.717, 1.165) is 0 Å². The van der Waals surface area contributed by atoms with Gasteiger partial charge in [0, 0.05) is 12.3 Å². The minimum absolute atomic E-state index is 0.00654. The molecule has 2 radical (unpaired) electrons. The van der Waals surface area contributed by atoms with Gasteiger partial charge in [-0.3, -0.25) is 4.84 Å². The van der Waals surface area contributed by atoms with Crippen molar-refractivity contribution in [1.82, 2.24) is 5.90 Å². The predicted molar refractivity (Wildman–Crippen MR) is 54.7 cm³/mol. The van der Waals surface area contributed by atoms with Gasteiger partial charge < -0.3 is 14.3 Å². The topological polar surface area (TPSA) is 106 Å². The van der Waals surface area contributed by atoms with Crippen molar-refractivity contribution < 1.29 is 28.7 Å². The third-order valence-electron chi connectivity index (χ3n) is 1.50. The number of hydrogen-bond acceptors (Lipinski definition) is 7. The van der Waals surface area contributed by atoms with Crippen LogP contribution in [0.5, 0.6) is 0 Å². The summed E-state index contributed by atoms with van der Waals surface area (Å²) < 4.78 is 9.33. The summed E-state index contributed by atoms with van der Waals surface area (Å²) >= 11 is 0. The molecule has 8 nitrogen and oxygen atoms in total. The van der Waals surface area contributed by atoms with Crippen LogP contribution in [0.2, 0.25) is 0 Å². The molecule has 0 aliphatic rings. The maximum atomic E-state index is 11.3. The second kappa shape index (κ2) is 9.55. The summed E-state index contributed by atoms with van der Waals surface area (Å²) in [5.41, 5.74) is 0.00654. The van der Waals surface area contributed by atoms with E-state index in [4.69, 9.17) is 10.6 Å². The first-order valence-corrected chi connectivity index (χ1v) is 4.84. The van der Waals surface area contributed by atoms with Crippen LogP contribution in [0, 0.1) is 0 Å². The molecular formula is C9H14N2O6. The molecule has 0 heterocycles. The molecule has 0 aromatic carbocycles. The normalized spacial score (nSPS) is 10.9. The number of carbonyl (C=O) groups is 2. The van der Waals surface area contributed by atoms with Crippen molar-refractivity contribution in [1.29, 1.82) is 0 Å². The molecule has 8 heteroatoms. The van der Waals surface area contributed by atoms with Crippen LogP contribution in [0.25, 0.3) is 0 Å². The fourth-order valence-electron chi connectivity index (χ4n) is 0.865. The van der Waals surface area contributed by atoms with Gasteiger partial charge in [0.15, 0.2) is 12.3 Å². The fraction of sp³-hybridized carbons (Fsp3) is 0.667. The Balaban J connectivity index is 4.06. The standard InChI is InChI=1S/C9H14N2O6/c1-3-15-9(13)7(11-14-2)4-5-16-8(12)6-17-10/h3-6H2,1-2H3. The van der Waals surface area contributed by atoms with E-state index in [1.54, 1.807) is 6.92 Å². The van der Waals surface area contributed by atoms with E-state index in [-0.39, 0.29) is 25.3 Å². The molecule has 0 aliphatic carbocycles. The highest BCUT2D eigenvalue weighted by Crippen LogP contribution is 1.95. The van der Waals surface area contributed by atoms with Crippen LogP contribution in [-0.4, -0.2) is 44.6 Å². The highest BCUT2D eigenvalue weighted by atomic mass is 16.6. The van der Waals surface area contributed by atoms with E-state index in [1.807, 2.05) is 0 Å². The third kappa shape index (κ3) is 7.25. The van der Waals surface area contributed by atoms with Gasteiger partial charge in [0.1, 0.15) is 7.11 Å². The lowest BCUT2D eigenvalue weighted by Gasteiger charge is -2.05. The highest BCUT2D eigenvalue weighted by Gasteiger charge is 2.14. The summed E-state index contributed by atoms with van der Waals surface area (Å²) in [6.45, 7) is 1.19. The van der Waals surface area contributed by atoms with Gasteiger partial charge in [0.2, 0.25) is 0 Å². The van der Waals surface area contributed by atoms with Gasteiger partial charge in [-0.1, -0.05) is 5.16 Å². The van der Waals surface area contributed by atoms with Crippen LogP contribution < -0.4 is 5.90 Å². The quantitative estimate of drug-likeness (QED) is 0.324. The average molecular weight is 246 g/mol. The summed E-state index contributed by atoms with van der Waals surface area (Å²) in [5.74, 6) is 6.58. The lowest BCUT2D eigenvalue weighted by Crippen LogP contribution is -2.21. The molecule has 0 bridgehead atoms. The predicted octanol–water partition coefficient (Wildman–Crippen LogP) is -0.515. The highest BCUT2D eigenvalue weighted by molar-refractivity contribution is 6.36. The molecule has 0 spiro atoms. The zero-order chi connectivity index (χ0) is 13.1. The van der Waals surface area contributed by atoms with E-state index in [1.165, 1.54) is 7.11 Å². The van der Waals surface area contributed by atoms with Crippen LogP contribution >= 0.6 is 0 Å². The van der Waals surface area contributed by atoms with Gasteiger partial charge >= 0.3 is 11.9 Å². The molecule has 0 amide bonds. The zero-order valence-corrected chi connectivity index (χ0v) is 9.67. The van der Waals surface area contributed by atoms with E-state index < -0.39 is 18.5 Å². The van der Waals surface area contributed by atoms with Crippen molar-refractivity contribution in [2.24, 2.45) is 5.16 Å². The zero-order valence-electron chi connectivity index (χ0n) is 9.67. The molecule has 0 rings (SSSR count). The number of rotatable bonds is 8. The molecule has 96 valence electrons. The second-order valence-corrected chi connectivity index (χ2v) is 2.68. The van der Waals surface area contributed by atoms with Gasteiger partial charge in [0.25, 0.3) is 0 Å². The number of nitrogens with zero attached hydrogens (tertiary/aromatic N) is 2.